The highest BCUT2D eigenvalue weighted by Gasteiger charge is 2.11. The molecule has 0 amide bonds. The highest BCUT2D eigenvalue weighted by Crippen LogP contribution is 2.16. The van der Waals surface area contributed by atoms with E-state index in [1.165, 1.54) is 18.2 Å². The van der Waals surface area contributed by atoms with Gasteiger partial charge in [-0.05, 0) is 12.1 Å². The lowest BCUT2D eigenvalue weighted by Gasteiger charge is -1.92. The first kappa shape index (κ1) is 10.3. The van der Waals surface area contributed by atoms with E-state index in [1.807, 2.05) is 0 Å². The van der Waals surface area contributed by atoms with Crippen molar-refractivity contribution < 1.29 is 18.8 Å². The van der Waals surface area contributed by atoms with Crippen LogP contribution in [0.25, 0.3) is 11.4 Å². The molecule has 0 unspecified atom stereocenters. The van der Waals surface area contributed by atoms with Gasteiger partial charge < -0.3 is 9.63 Å². The normalized spacial score (nSPS) is 10.3. The van der Waals surface area contributed by atoms with Gasteiger partial charge in [0.25, 0.3) is 0 Å². The Labute approximate surface area is 89.5 Å². The van der Waals surface area contributed by atoms with Crippen LogP contribution in [0.5, 0.6) is 0 Å². The van der Waals surface area contributed by atoms with Crippen molar-refractivity contribution in [3.63, 3.8) is 0 Å². The lowest BCUT2D eigenvalue weighted by atomic mass is 10.2. The van der Waals surface area contributed by atoms with Crippen LogP contribution in [0.1, 0.15) is 5.89 Å². The maximum atomic E-state index is 12.9. The molecule has 0 fully saturated rings. The molecule has 0 atom stereocenters. The number of hydrogen-bond acceptors (Lipinski definition) is 4. The summed E-state index contributed by atoms with van der Waals surface area (Å²) in [5.41, 5.74) is 0.445. The van der Waals surface area contributed by atoms with E-state index in [0.717, 1.165) is 0 Å². The first-order chi connectivity index (χ1) is 7.65. The number of carboxylic acid groups (broad SMARTS) is 1. The highest BCUT2D eigenvalue weighted by molar-refractivity contribution is 5.69. The Bertz CT molecular complexity index is 524. The van der Waals surface area contributed by atoms with Gasteiger partial charge in [-0.3, -0.25) is 4.79 Å². The minimum absolute atomic E-state index is 0.00763. The van der Waals surface area contributed by atoms with Gasteiger partial charge in [-0.15, -0.1) is 0 Å². The highest BCUT2D eigenvalue weighted by atomic mass is 19.1. The van der Waals surface area contributed by atoms with Crippen LogP contribution in [0, 0.1) is 5.82 Å². The molecule has 0 saturated heterocycles. The zero-order valence-electron chi connectivity index (χ0n) is 8.05. The van der Waals surface area contributed by atoms with Crippen molar-refractivity contribution >= 4 is 5.97 Å². The molecule has 2 aromatic rings. The maximum absolute atomic E-state index is 12.9. The summed E-state index contributed by atoms with van der Waals surface area (Å²) in [5.74, 6) is -1.31. The summed E-state index contributed by atoms with van der Waals surface area (Å²) in [4.78, 5) is 14.2. The van der Waals surface area contributed by atoms with Gasteiger partial charge >= 0.3 is 5.97 Å². The van der Waals surface area contributed by atoms with Gasteiger partial charge in [0.15, 0.2) is 0 Å². The Balaban J connectivity index is 2.28. The first-order valence-electron chi connectivity index (χ1n) is 4.45. The lowest BCUT2D eigenvalue weighted by molar-refractivity contribution is -0.136. The summed E-state index contributed by atoms with van der Waals surface area (Å²) in [5, 5.41) is 12.1. The predicted octanol–water partition coefficient (Wildman–Crippen LogP) is 1.50. The Hall–Kier alpha value is -2.24. The largest absolute Gasteiger partial charge is 0.481 e. The number of halogens is 1. The zero-order chi connectivity index (χ0) is 11.5. The number of hydrogen-bond donors (Lipinski definition) is 1. The zero-order valence-corrected chi connectivity index (χ0v) is 8.05. The number of benzene rings is 1. The maximum Gasteiger partial charge on any atom is 0.312 e. The summed E-state index contributed by atoms with van der Waals surface area (Å²) in [6, 6.07) is 5.66. The van der Waals surface area contributed by atoms with Crippen LogP contribution in [0.15, 0.2) is 28.8 Å². The van der Waals surface area contributed by atoms with Crippen LogP contribution in [0.2, 0.25) is 0 Å². The molecule has 2 rings (SSSR count). The van der Waals surface area contributed by atoms with Gasteiger partial charge in [0.1, 0.15) is 12.2 Å². The molecule has 0 aliphatic rings. The third-order valence-electron chi connectivity index (χ3n) is 1.85. The molecule has 0 bridgehead atoms. The van der Waals surface area contributed by atoms with Crippen molar-refractivity contribution in [2.45, 2.75) is 6.42 Å². The average Bonchev–Trinajstić information content (AvgIpc) is 2.65. The summed E-state index contributed by atoms with van der Waals surface area (Å²) < 4.78 is 17.6. The summed E-state index contributed by atoms with van der Waals surface area (Å²) in [7, 11) is 0. The van der Waals surface area contributed by atoms with Gasteiger partial charge in [-0.25, -0.2) is 4.39 Å². The molecule has 1 aromatic carbocycles. The van der Waals surface area contributed by atoms with Crippen molar-refractivity contribution in [1.82, 2.24) is 10.1 Å². The lowest BCUT2D eigenvalue weighted by Crippen LogP contribution is -1.99. The number of rotatable bonds is 3. The minimum atomic E-state index is -1.06. The topological polar surface area (TPSA) is 76.2 Å². The van der Waals surface area contributed by atoms with E-state index < -0.39 is 11.8 Å². The molecule has 0 aliphatic carbocycles. The smallest absolute Gasteiger partial charge is 0.312 e. The molecule has 0 spiro atoms. The van der Waals surface area contributed by atoms with Crippen molar-refractivity contribution in [2.75, 3.05) is 0 Å². The monoisotopic (exact) mass is 222 g/mol. The molecule has 6 heteroatoms. The third-order valence-corrected chi connectivity index (χ3v) is 1.85. The average molecular weight is 222 g/mol. The summed E-state index contributed by atoms with van der Waals surface area (Å²) >= 11 is 0. The van der Waals surface area contributed by atoms with Crippen LogP contribution in [0.4, 0.5) is 4.39 Å². The van der Waals surface area contributed by atoms with E-state index in [4.69, 9.17) is 9.63 Å². The predicted molar refractivity (Wildman–Crippen MR) is 51.0 cm³/mol. The van der Waals surface area contributed by atoms with Crippen LogP contribution in [-0.4, -0.2) is 21.2 Å². The first-order valence-corrected chi connectivity index (χ1v) is 4.45. The van der Waals surface area contributed by atoms with Gasteiger partial charge in [-0.2, -0.15) is 4.98 Å². The fraction of sp³-hybridized carbons (Fsp3) is 0.100. The van der Waals surface area contributed by atoms with Crippen LogP contribution in [0.3, 0.4) is 0 Å². The Kier molecular flexibility index (Phi) is 2.63. The van der Waals surface area contributed by atoms with Crippen molar-refractivity contribution in [3.05, 3.63) is 36.0 Å². The number of aliphatic carboxylic acids is 1. The fourth-order valence-electron chi connectivity index (χ4n) is 1.20. The molecule has 1 heterocycles. The van der Waals surface area contributed by atoms with Gasteiger partial charge in [-0.1, -0.05) is 17.3 Å². The van der Waals surface area contributed by atoms with Crippen LogP contribution in [-0.2, 0) is 11.2 Å². The van der Waals surface area contributed by atoms with Gasteiger partial charge in [0.05, 0.1) is 0 Å². The summed E-state index contributed by atoms with van der Waals surface area (Å²) in [6.07, 6.45) is -0.345. The molecule has 5 nitrogen and oxygen atoms in total. The third kappa shape index (κ3) is 2.22. The molecule has 1 N–H and O–H groups in total. The van der Waals surface area contributed by atoms with Crippen LogP contribution < -0.4 is 0 Å². The Morgan fingerprint density at radius 3 is 3.00 bits per heavy atom. The molecular weight excluding hydrogens is 215 g/mol. The Morgan fingerprint density at radius 2 is 2.31 bits per heavy atom. The Morgan fingerprint density at radius 1 is 1.50 bits per heavy atom. The summed E-state index contributed by atoms with van der Waals surface area (Å²) in [6.45, 7) is 0. The SMILES string of the molecule is O=C(O)Cc1nc(-c2cccc(F)c2)no1. The number of aromatic nitrogens is 2. The standard InChI is InChI=1S/C10H7FN2O3/c11-7-3-1-2-6(4-7)10-12-8(16-13-10)5-9(14)15/h1-4H,5H2,(H,14,15). The van der Waals surface area contributed by atoms with Gasteiger partial charge in [0.2, 0.25) is 11.7 Å². The second-order valence-electron chi connectivity index (χ2n) is 3.09. The molecule has 0 saturated carbocycles. The molecule has 0 radical (unpaired) electrons. The van der Waals surface area contributed by atoms with Crippen molar-refractivity contribution in [3.8, 4) is 11.4 Å². The van der Waals surface area contributed by atoms with E-state index in [-0.39, 0.29) is 18.1 Å². The van der Waals surface area contributed by atoms with E-state index in [1.54, 1.807) is 6.07 Å². The number of nitrogens with zero attached hydrogens (tertiary/aromatic N) is 2. The molecule has 16 heavy (non-hydrogen) atoms. The molecule has 1 aromatic heterocycles. The minimum Gasteiger partial charge on any atom is -0.481 e. The van der Waals surface area contributed by atoms with E-state index >= 15 is 0 Å². The number of carboxylic acids is 1. The van der Waals surface area contributed by atoms with Crippen molar-refractivity contribution in [1.29, 1.82) is 0 Å². The second kappa shape index (κ2) is 4.09. The molecule has 82 valence electrons. The second-order valence-corrected chi connectivity index (χ2v) is 3.09. The van der Waals surface area contributed by atoms with E-state index in [2.05, 4.69) is 10.1 Å². The number of carbonyl (C=O) groups is 1. The van der Waals surface area contributed by atoms with E-state index in [0.29, 0.717) is 5.56 Å². The van der Waals surface area contributed by atoms with Crippen molar-refractivity contribution in [2.24, 2.45) is 0 Å². The van der Waals surface area contributed by atoms with Gasteiger partial charge in [0, 0.05) is 5.56 Å². The van der Waals surface area contributed by atoms with Crippen LogP contribution >= 0.6 is 0 Å². The van der Waals surface area contributed by atoms with E-state index in [9.17, 15) is 9.18 Å². The molecule has 0 aliphatic heterocycles. The quantitative estimate of drug-likeness (QED) is 0.851. The fourth-order valence-corrected chi connectivity index (χ4v) is 1.20. The molecular formula is C10H7FN2O3.